The number of rotatable bonds is 5. The second kappa shape index (κ2) is 7.99. The van der Waals surface area contributed by atoms with Crippen molar-refractivity contribution in [2.45, 2.75) is 6.54 Å². The van der Waals surface area contributed by atoms with Gasteiger partial charge in [0.15, 0.2) is 11.5 Å². The first kappa shape index (κ1) is 17.9. The van der Waals surface area contributed by atoms with E-state index in [1.54, 1.807) is 0 Å². The molecule has 0 bridgehead atoms. The van der Waals surface area contributed by atoms with Gasteiger partial charge in [0.1, 0.15) is 16.4 Å². The molecule has 134 valence electrons. The van der Waals surface area contributed by atoms with E-state index in [4.69, 9.17) is 11.6 Å². The van der Waals surface area contributed by atoms with Gasteiger partial charge in [0.2, 0.25) is 0 Å². The SMILES string of the molecule is O=C(NCc1nonc1/C(=N/c1ccc(F)c(Cl)c1)NO)c1cncs1. The van der Waals surface area contributed by atoms with E-state index in [9.17, 15) is 14.4 Å². The number of aromatic nitrogens is 3. The number of amides is 1. The Morgan fingerprint density at radius 1 is 1.42 bits per heavy atom. The third-order valence-electron chi connectivity index (χ3n) is 3.10. The molecule has 0 aliphatic heterocycles. The summed E-state index contributed by atoms with van der Waals surface area (Å²) in [5.41, 5.74) is 3.95. The lowest BCUT2D eigenvalue weighted by Crippen LogP contribution is -2.26. The van der Waals surface area contributed by atoms with Crippen LogP contribution in [0.5, 0.6) is 0 Å². The molecule has 0 saturated carbocycles. The number of thiazole rings is 1. The first-order chi connectivity index (χ1) is 12.6. The minimum absolute atomic E-state index is 0.0273. The summed E-state index contributed by atoms with van der Waals surface area (Å²) in [6.07, 6.45) is 1.43. The van der Waals surface area contributed by atoms with Gasteiger partial charge in [0.25, 0.3) is 5.91 Å². The van der Waals surface area contributed by atoms with Crippen LogP contribution in [0.2, 0.25) is 5.02 Å². The molecule has 3 rings (SSSR count). The predicted molar refractivity (Wildman–Crippen MR) is 90.1 cm³/mol. The summed E-state index contributed by atoms with van der Waals surface area (Å²) >= 11 is 6.89. The average Bonchev–Trinajstić information content (AvgIpc) is 3.32. The molecular formula is C14H10ClFN6O3S. The van der Waals surface area contributed by atoms with Gasteiger partial charge >= 0.3 is 0 Å². The van der Waals surface area contributed by atoms with E-state index in [2.05, 4.69) is 30.2 Å². The third kappa shape index (κ3) is 4.02. The summed E-state index contributed by atoms with van der Waals surface area (Å²) in [4.78, 5) is 20.3. The highest BCUT2D eigenvalue weighted by molar-refractivity contribution is 7.11. The topological polar surface area (TPSA) is 126 Å². The molecule has 0 unspecified atom stereocenters. The molecule has 3 aromatic rings. The number of carbonyl (C=O) groups excluding carboxylic acids is 1. The number of aliphatic imine (C=N–C) groups is 1. The van der Waals surface area contributed by atoms with Crippen molar-refractivity contribution in [2.24, 2.45) is 4.99 Å². The van der Waals surface area contributed by atoms with Crippen LogP contribution in [-0.4, -0.2) is 32.2 Å². The van der Waals surface area contributed by atoms with Crippen LogP contribution >= 0.6 is 22.9 Å². The number of halogens is 2. The first-order valence-corrected chi connectivity index (χ1v) is 8.26. The van der Waals surface area contributed by atoms with Gasteiger partial charge < -0.3 is 5.32 Å². The van der Waals surface area contributed by atoms with E-state index in [1.165, 1.54) is 35.2 Å². The number of hydrogen-bond donors (Lipinski definition) is 3. The Kier molecular flexibility index (Phi) is 5.51. The fourth-order valence-corrected chi connectivity index (χ4v) is 2.61. The molecule has 0 radical (unpaired) electrons. The van der Waals surface area contributed by atoms with Crippen molar-refractivity contribution >= 4 is 40.4 Å². The van der Waals surface area contributed by atoms with Crippen molar-refractivity contribution in [2.75, 3.05) is 0 Å². The largest absolute Gasteiger partial charge is 0.345 e. The molecule has 0 fully saturated rings. The van der Waals surface area contributed by atoms with Gasteiger partial charge in [-0.15, -0.1) is 11.3 Å². The standard InChI is InChI=1S/C14H10ClFN6O3S/c15-8-3-7(1-2-9(8)16)19-13(20-24)12-10(21-25-22-12)4-18-14(23)11-5-17-6-26-11/h1-3,5-6,24H,4H2,(H,18,23)(H,19,20). The molecule has 0 aliphatic rings. The maximum Gasteiger partial charge on any atom is 0.263 e. The lowest BCUT2D eigenvalue weighted by molar-refractivity contribution is 0.0954. The Bertz CT molecular complexity index is 946. The molecule has 0 atom stereocenters. The molecule has 2 heterocycles. The van der Waals surface area contributed by atoms with E-state index in [-0.39, 0.29) is 40.4 Å². The normalized spacial score (nSPS) is 11.4. The van der Waals surface area contributed by atoms with Crippen molar-refractivity contribution < 1.29 is 19.0 Å². The van der Waals surface area contributed by atoms with Crippen molar-refractivity contribution in [1.29, 1.82) is 0 Å². The van der Waals surface area contributed by atoms with Gasteiger partial charge in [0, 0.05) is 0 Å². The van der Waals surface area contributed by atoms with Gasteiger partial charge in [-0.1, -0.05) is 16.8 Å². The number of hydrogen-bond acceptors (Lipinski definition) is 8. The zero-order valence-electron chi connectivity index (χ0n) is 12.8. The first-order valence-electron chi connectivity index (χ1n) is 7.01. The Labute approximate surface area is 154 Å². The number of hydroxylamine groups is 1. The Morgan fingerprint density at radius 3 is 2.96 bits per heavy atom. The molecule has 26 heavy (non-hydrogen) atoms. The number of nitrogens with one attached hydrogen (secondary N) is 2. The average molecular weight is 397 g/mol. The van der Waals surface area contributed by atoms with E-state index < -0.39 is 5.82 Å². The van der Waals surface area contributed by atoms with Crippen LogP contribution in [-0.2, 0) is 6.54 Å². The molecule has 0 aliphatic carbocycles. The lowest BCUT2D eigenvalue weighted by atomic mass is 10.2. The molecule has 1 aromatic carbocycles. The van der Waals surface area contributed by atoms with Crippen LogP contribution in [0.4, 0.5) is 10.1 Å². The van der Waals surface area contributed by atoms with Gasteiger partial charge in [-0.05, 0) is 23.4 Å². The zero-order chi connectivity index (χ0) is 18.5. The molecule has 1 amide bonds. The highest BCUT2D eigenvalue weighted by atomic mass is 35.5. The van der Waals surface area contributed by atoms with Crippen LogP contribution in [0.25, 0.3) is 0 Å². The smallest absolute Gasteiger partial charge is 0.263 e. The predicted octanol–water partition coefficient (Wildman–Crippen LogP) is 2.31. The Balaban J connectivity index is 1.79. The summed E-state index contributed by atoms with van der Waals surface area (Å²) in [5, 5.41) is 19.2. The van der Waals surface area contributed by atoms with Crippen LogP contribution in [0.15, 0.2) is 39.5 Å². The third-order valence-corrected chi connectivity index (χ3v) is 4.16. The molecule has 0 spiro atoms. The van der Waals surface area contributed by atoms with Crippen molar-refractivity contribution in [3.05, 3.63) is 57.0 Å². The van der Waals surface area contributed by atoms with E-state index in [1.807, 2.05) is 5.48 Å². The van der Waals surface area contributed by atoms with Crippen LogP contribution < -0.4 is 10.8 Å². The van der Waals surface area contributed by atoms with Gasteiger partial charge in [-0.25, -0.2) is 14.0 Å². The second-order valence-corrected chi connectivity index (χ2v) is 6.07. The fraction of sp³-hybridized carbons (Fsp3) is 0.0714. The maximum atomic E-state index is 13.2. The van der Waals surface area contributed by atoms with E-state index in [0.717, 1.165) is 6.07 Å². The number of carbonyl (C=O) groups is 1. The quantitative estimate of drug-likeness (QED) is 0.343. The number of nitrogens with zero attached hydrogens (tertiary/aromatic N) is 4. The Morgan fingerprint density at radius 2 is 2.27 bits per heavy atom. The van der Waals surface area contributed by atoms with Crippen LogP contribution in [0.3, 0.4) is 0 Å². The molecule has 3 N–H and O–H groups in total. The number of amidine groups is 1. The fourth-order valence-electron chi connectivity index (χ4n) is 1.90. The summed E-state index contributed by atoms with van der Waals surface area (Å²) in [7, 11) is 0. The molecule has 0 saturated heterocycles. The Hall–Kier alpha value is -2.89. The summed E-state index contributed by atoms with van der Waals surface area (Å²) in [5.74, 6) is -1.06. The van der Waals surface area contributed by atoms with Gasteiger partial charge in [-0.2, -0.15) is 0 Å². The van der Waals surface area contributed by atoms with Crippen molar-refractivity contribution in [3.8, 4) is 0 Å². The summed E-state index contributed by atoms with van der Waals surface area (Å²) in [6.45, 7) is -0.0273. The van der Waals surface area contributed by atoms with E-state index >= 15 is 0 Å². The van der Waals surface area contributed by atoms with Crippen LogP contribution in [0, 0.1) is 5.82 Å². The summed E-state index contributed by atoms with van der Waals surface area (Å²) in [6, 6.07) is 3.76. The monoisotopic (exact) mass is 396 g/mol. The van der Waals surface area contributed by atoms with Crippen LogP contribution in [0.1, 0.15) is 21.1 Å². The maximum absolute atomic E-state index is 13.2. The molecular weight excluding hydrogens is 387 g/mol. The number of benzene rings is 1. The van der Waals surface area contributed by atoms with Crippen molar-refractivity contribution in [1.82, 2.24) is 26.1 Å². The second-order valence-electron chi connectivity index (χ2n) is 4.78. The lowest BCUT2D eigenvalue weighted by Gasteiger charge is -2.05. The van der Waals surface area contributed by atoms with Gasteiger partial charge in [0.05, 0.1) is 29.0 Å². The summed E-state index contributed by atoms with van der Waals surface area (Å²) < 4.78 is 17.9. The van der Waals surface area contributed by atoms with E-state index in [0.29, 0.717) is 4.88 Å². The van der Waals surface area contributed by atoms with Gasteiger partial charge in [-0.3, -0.25) is 20.5 Å². The minimum Gasteiger partial charge on any atom is -0.345 e. The molecule has 2 aromatic heterocycles. The zero-order valence-corrected chi connectivity index (χ0v) is 14.4. The minimum atomic E-state index is -0.598. The highest BCUT2D eigenvalue weighted by Gasteiger charge is 2.18. The van der Waals surface area contributed by atoms with Crippen molar-refractivity contribution in [3.63, 3.8) is 0 Å². The highest BCUT2D eigenvalue weighted by Crippen LogP contribution is 2.22. The molecule has 12 heteroatoms. The molecule has 9 nitrogen and oxygen atoms in total.